The number of benzene rings is 1. The van der Waals surface area contributed by atoms with E-state index in [2.05, 4.69) is 0 Å². The number of aliphatic hydroxyl groups is 1. The van der Waals surface area contributed by atoms with Gasteiger partial charge in [-0.2, -0.15) is 0 Å². The van der Waals surface area contributed by atoms with E-state index in [1.165, 1.54) is 5.56 Å². The Morgan fingerprint density at radius 1 is 1.25 bits per heavy atom. The van der Waals surface area contributed by atoms with Crippen molar-refractivity contribution in [3.8, 4) is 0 Å². The first kappa shape index (κ1) is 9.56. The third-order valence-corrected chi connectivity index (χ3v) is 2.24. The Hall–Kier alpha value is -0.530. The molecule has 1 N–H and O–H groups in total. The largest absolute Gasteiger partial charge is 0.396 e. The molecule has 0 saturated carbocycles. The molecule has 2 heteroatoms. The summed E-state index contributed by atoms with van der Waals surface area (Å²) in [6, 6.07) is 3.86. The van der Waals surface area contributed by atoms with Crippen molar-refractivity contribution in [2.75, 3.05) is 6.61 Å². The molecular weight excluding hydrogens is 172 g/mol. The normalized spacial score (nSPS) is 10.3. The van der Waals surface area contributed by atoms with Crippen molar-refractivity contribution in [2.45, 2.75) is 20.3 Å². The summed E-state index contributed by atoms with van der Waals surface area (Å²) in [7, 11) is 0. The van der Waals surface area contributed by atoms with E-state index < -0.39 is 0 Å². The zero-order chi connectivity index (χ0) is 9.14. The molecule has 12 heavy (non-hydrogen) atoms. The van der Waals surface area contributed by atoms with Crippen LogP contribution in [0.4, 0.5) is 0 Å². The Bertz CT molecular complexity index is 258. The second-order valence-corrected chi connectivity index (χ2v) is 3.43. The van der Waals surface area contributed by atoms with Crippen molar-refractivity contribution in [1.29, 1.82) is 0 Å². The van der Waals surface area contributed by atoms with E-state index in [4.69, 9.17) is 16.7 Å². The van der Waals surface area contributed by atoms with Gasteiger partial charge < -0.3 is 5.11 Å². The van der Waals surface area contributed by atoms with Crippen LogP contribution in [0.5, 0.6) is 0 Å². The number of hydrogen-bond acceptors (Lipinski definition) is 1. The summed E-state index contributed by atoms with van der Waals surface area (Å²) in [6.07, 6.45) is 0.717. The Kier molecular flexibility index (Phi) is 3.12. The lowest BCUT2D eigenvalue weighted by molar-refractivity contribution is 0.299. The fraction of sp³-hybridized carbons (Fsp3) is 0.400. The van der Waals surface area contributed by atoms with E-state index in [9.17, 15) is 0 Å². The molecule has 0 heterocycles. The SMILES string of the molecule is Cc1cc(Cl)cc(C)c1CCO. The van der Waals surface area contributed by atoms with Crippen molar-refractivity contribution in [3.05, 3.63) is 33.8 Å². The van der Waals surface area contributed by atoms with E-state index in [-0.39, 0.29) is 6.61 Å². The Labute approximate surface area is 78.0 Å². The van der Waals surface area contributed by atoms with Gasteiger partial charge in [0.05, 0.1) is 0 Å². The van der Waals surface area contributed by atoms with Crippen molar-refractivity contribution in [1.82, 2.24) is 0 Å². The van der Waals surface area contributed by atoms with Gasteiger partial charge >= 0.3 is 0 Å². The minimum absolute atomic E-state index is 0.198. The van der Waals surface area contributed by atoms with Crippen molar-refractivity contribution in [3.63, 3.8) is 0 Å². The van der Waals surface area contributed by atoms with Crippen LogP contribution in [0.1, 0.15) is 16.7 Å². The smallest absolute Gasteiger partial charge is 0.0471 e. The molecule has 66 valence electrons. The summed E-state index contributed by atoms with van der Waals surface area (Å²) < 4.78 is 0. The molecule has 0 bridgehead atoms. The monoisotopic (exact) mass is 184 g/mol. The maximum atomic E-state index is 8.80. The lowest BCUT2D eigenvalue weighted by Gasteiger charge is -2.08. The summed E-state index contributed by atoms with van der Waals surface area (Å²) >= 11 is 5.86. The Morgan fingerprint density at radius 2 is 1.75 bits per heavy atom. The van der Waals surface area contributed by atoms with Gasteiger partial charge in [0.2, 0.25) is 0 Å². The second kappa shape index (κ2) is 3.92. The molecule has 0 aliphatic heterocycles. The second-order valence-electron chi connectivity index (χ2n) is 2.99. The predicted molar refractivity (Wildman–Crippen MR) is 51.7 cm³/mol. The molecule has 0 saturated heterocycles. The molecule has 1 aromatic rings. The van der Waals surface area contributed by atoms with Crippen LogP contribution in [-0.4, -0.2) is 11.7 Å². The summed E-state index contributed by atoms with van der Waals surface area (Å²) in [5, 5.41) is 9.57. The van der Waals surface area contributed by atoms with Gasteiger partial charge in [0.25, 0.3) is 0 Å². The highest BCUT2D eigenvalue weighted by Crippen LogP contribution is 2.20. The zero-order valence-corrected chi connectivity index (χ0v) is 8.15. The van der Waals surface area contributed by atoms with Crippen LogP contribution in [0.2, 0.25) is 5.02 Å². The van der Waals surface area contributed by atoms with E-state index in [0.717, 1.165) is 22.6 Å². The lowest BCUT2D eigenvalue weighted by Crippen LogP contribution is -1.97. The van der Waals surface area contributed by atoms with Gasteiger partial charge in [0.15, 0.2) is 0 Å². The number of aryl methyl sites for hydroxylation is 2. The Morgan fingerprint density at radius 3 is 2.17 bits per heavy atom. The van der Waals surface area contributed by atoms with Crippen molar-refractivity contribution < 1.29 is 5.11 Å². The number of aliphatic hydroxyl groups excluding tert-OH is 1. The van der Waals surface area contributed by atoms with E-state index >= 15 is 0 Å². The summed E-state index contributed by atoms with van der Waals surface area (Å²) in [4.78, 5) is 0. The highest BCUT2D eigenvalue weighted by Gasteiger charge is 2.02. The summed E-state index contributed by atoms with van der Waals surface area (Å²) in [6.45, 7) is 4.23. The third kappa shape index (κ3) is 1.99. The minimum Gasteiger partial charge on any atom is -0.396 e. The molecular formula is C10H13ClO. The quantitative estimate of drug-likeness (QED) is 0.749. The van der Waals surface area contributed by atoms with Gasteiger partial charge in [-0.25, -0.2) is 0 Å². The van der Waals surface area contributed by atoms with E-state index in [0.29, 0.717) is 0 Å². The molecule has 1 nitrogen and oxygen atoms in total. The summed E-state index contributed by atoms with van der Waals surface area (Å²) in [5.74, 6) is 0. The van der Waals surface area contributed by atoms with Crippen LogP contribution in [0.3, 0.4) is 0 Å². The first-order chi connectivity index (χ1) is 5.65. The van der Waals surface area contributed by atoms with Crippen LogP contribution < -0.4 is 0 Å². The van der Waals surface area contributed by atoms with Gasteiger partial charge in [-0.05, 0) is 49.1 Å². The molecule has 0 radical (unpaired) electrons. The maximum absolute atomic E-state index is 8.80. The first-order valence-electron chi connectivity index (χ1n) is 4.01. The zero-order valence-electron chi connectivity index (χ0n) is 7.39. The standard InChI is InChI=1S/C10H13ClO/c1-7-5-9(11)6-8(2)10(7)3-4-12/h5-6,12H,3-4H2,1-2H3. The van der Waals surface area contributed by atoms with Gasteiger partial charge in [-0.1, -0.05) is 11.6 Å². The van der Waals surface area contributed by atoms with E-state index in [1.807, 2.05) is 26.0 Å². The molecule has 0 aromatic heterocycles. The lowest BCUT2D eigenvalue weighted by atomic mass is 10.0. The van der Waals surface area contributed by atoms with Crippen LogP contribution in [-0.2, 0) is 6.42 Å². The number of hydrogen-bond donors (Lipinski definition) is 1. The Balaban J connectivity index is 3.10. The minimum atomic E-state index is 0.198. The van der Waals surface area contributed by atoms with Gasteiger partial charge in [0.1, 0.15) is 0 Å². The highest BCUT2D eigenvalue weighted by atomic mass is 35.5. The third-order valence-electron chi connectivity index (χ3n) is 2.02. The summed E-state index contributed by atoms with van der Waals surface area (Å²) in [5.41, 5.74) is 3.53. The van der Waals surface area contributed by atoms with Crippen LogP contribution in [0.15, 0.2) is 12.1 Å². The topological polar surface area (TPSA) is 20.2 Å². The van der Waals surface area contributed by atoms with Crippen molar-refractivity contribution >= 4 is 11.6 Å². The van der Waals surface area contributed by atoms with Crippen molar-refractivity contribution in [2.24, 2.45) is 0 Å². The highest BCUT2D eigenvalue weighted by molar-refractivity contribution is 6.30. The number of rotatable bonds is 2. The fourth-order valence-electron chi connectivity index (χ4n) is 1.45. The molecule has 0 aliphatic rings. The number of halogens is 1. The molecule has 0 aliphatic carbocycles. The maximum Gasteiger partial charge on any atom is 0.0471 e. The molecule has 1 rings (SSSR count). The molecule has 0 amide bonds. The van der Waals surface area contributed by atoms with Crippen LogP contribution >= 0.6 is 11.6 Å². The molecule has 1 aromatic carbocycles. The van der Waals surface area contributed by atoms with Crippen LogP contribution in [0, 0.1) is 13.8 Å². The first-order valence-corrected chi connectivity index (χ1v) is 4.39. The van der Waals surface area contributed by atoms with Gasteiger partial charge in [0, 0.05) is 11.6 Å². The van der Waals surface area contributed by atoms with Gasteiger partial charge in [-0.15, -0.1) is 0 Å². The van der Waals surface area contributed by atoms with Crippen LogP contribution in [0.25, 0.3) is 0 Å². The molecule has 0 spiro atoms. The van der Waals surface area contributed by atoms with Gasteiger partial charge in [-0.3, -0.25) is 0 Å². The average Bonchev–Trinajstić information content (AvgIpc) is 1.96. The van der Waals surface area contributed by atoms with E-state index in [1.54, 1.807) is 0 Å². The molecule has 0 atom stereocenters. The predicted octanol–water partition coefficient (Wildman–Crippen LogP) is 2.49. The molecule has 0 fully saturated rings. The fourth-order valence-corrected chi connectivity index (χ4v) is 1.77. The molecule has 0 unspecified atom stereocenters. The average molecular weight is 185 g/mol.